The molecule has 0 aliphatic carbocycles. The Morgan fingerprint density at radius 3 is 2.79 bits per heavy atom. The highest BCUT2D eigenvalue weighted by atomic mass is 32.1. The fourth-order valence-electron chi connectivity index (χ4n) is 3.24. The molecule has 106 valence electrons. The minimum atomic E-state index is 0.181. The van der Waals surface area contributed by atoms with Crippen LogP contribution in [0.1, 0.15) is 24.1 Å². The maximum atomic E-state index is 6.17. The van der Waals surface area contributed by atoms with Gasteiger partial charge >= 0.3 is 0 Å². The summed E-state index contributed by atoms with van der Waals surface area (Å²) < 4.78 is 6.17. The lowest BCUT2D eigenvalue weighted by molar-refractivity contribution is -0.0450. The van der Waals surface area contributed by atoms with E-state index in [1.165, 1.54) is 37.2 Å². The van der Waals surface area contributed by atoms with Gasteiger partial charge in [-0.2, -0.15) is 0 Å². The Bertz CT molecular complexity index is 396. The summed E-state index contributed by atoms with van der Waals surface area (Å²) in [5.74, 6) is 0. The topological polar surface area (TPSA) is 15.7 Å². The first-order chi connectivity index (χ1) is 9.17. The summed E-state index contributed by atoms with van der Waals surface area (Å²) in [4.78, 5) is 6.37. The summed E-state index contributed by atoms with van der Waals surface area (Å²) in [5, 5.41) is 2.17. The van der Waals surface area contributed by atoms with E-state index in [0.29, 0.717) is 6.04 Å². The number of hydrogen-bond acceptors (Lipinski definition) is 4. The third kappa shape index (κ3) is 3.02. The molecular weight excluding hydrogens is 256 g/mol. The normalized spacial score (nSPS) is 27.4. The van der Waals surface area contributed by atoms with Crippen LogP contribution in [0.5, 0.6) is 0 Å². The van der Waals surface area contributed by atoms with Crippen molar-refractivity contribution in [3.8, 4) is 0 Å². The van der Waals surface area contributed by atoms with Crippen molar-refractivity contribution < 1.29 is 4.74 Å². The van der Waals surface area contributed by atoms with Crippen LogP contribution in [0.4, 0.5) is 0 Å². The van der Waals surface area contributed by atoms with Gasteiger partial charge in [-0.1, -0.05) is 6.07 Å². The van der Waals surface area contributed by atoms with Crippen LogP contribution in [0.3, 0.4) is 0 Å². The Morgan fingerprint density at radius 2 is 2.21 bits per heavy atom. The minimum absolute atomic E-state index is 0.181. The van der Waals surface area contributed by atoms with Crippen molar-refractivity contribution in [2.24, 2.45) is 0 Å². The van der Waals surface area contributed by atoms with Crippen molar-refractivity contribution in [2.75, 3.05) is 33.8 Å². The van der Waals surface area contributed by atoms with Crippen molar-refractivity contribution in [1.82, 2.24) is 9.80 Å². The lowest BCUT2D eigenvalue weighted by Gasteiger charge is -2.38. The maximum Gasteiger partial charge on any atom is 0.0723 e. The summed E-state index contributed by atoms with van der Waals surface area (Å²) in [6.07, 6.45) is 3.61. The quantitative estimate of drug-likeness (QED) is 0.846. The van der Waals surface area contributed by atoms with Gasteiger partial charge < -0.3 is 9.64 Å². The van der Waals surface area contributed by atoms with Crippen molar-refractivity contribution in [1.29, 1.82) is 0 Å². The molecule has 3 nitrogen and oxygen atoms in total. The number of thiophene rings is 1. The first-order valence-electron chi connectivity index (χ1n) is 7.22. The Morgan fingerprint density at radius 1 is 1.42 bits per heavy atom. The van der Waals surface area contributed by atoms with Gasteiger partial charge in [-0.25, -0.2) is 0 Å². The van der Waals surface area contributed by atoms with Gasteiger partial charge in [0.25, 0.3) is 0 Å². The third-order valence-electron chi connectivity index (χ3n) is 4.65. The van der Waals surface area contributed by atoms with Crippen LogP contribution >= 0.6 is 11.3 Å². The highest BCUT2D eigenvalue weighted by molar-refractivity contribution is 7.09. The van der Waals surface area contributed by atoms with Crippen molar-refractivity contribution in [3.63, 3.8) is 0 Å². The van der Waals surface area contributed by atoms with Crippen LogP contribution in [-0.4, -0.2) is 55.2 Å². The predicted molar refractivity (Wildman–Crippen MR) is 79.6 cm³/mol. The average Bonchev–Trinajstić information content (AvgIpc) is 3.03. The zero-order chi connectivity index (χ0) is 13.3. The van der Waals surface area contributed by atoms with Gasteiger partial charge in [0, 0.05) is 30.6 Å². The number of ether oxygens (including phenoxy) is 1. The molecule has 0 unspecified atom stereocenters. The highest BCUT2D eigenvalue weighted by Gasteiger charge is 2.43. The van der Waals surface area contributed by atoms with E-state index in [4.69, 9.17) is 4.74 Å². The average molecular weight is 280 g/mol. The third-order valence-corrected chi connectivity index (χ3v) is 5.51. The lowest BCUT2D eigenvalue weighted by Crippen LogP contribution is -2.44. The van der Waals surface area contributed by atoms with Crippen LogP contribution in [0.25, 0.3) is 0 Å². The largest absolute Gasteiger partial charge is 0.373 e. The van der Waals surface area contributed by atoms with Gasteiger partial charge in [0.1, 0.15) is 0 Å². The van der Waals surface area contributed by atoms with Gasteiger partial charge in [0.05, 0.1) is 12.2 Å². The first kappa shape index (κ1) is 13.6. The summed E-state index contributed by atoms with van der Waals surface area (Å²) >= 11 is 1.87. The van der Waals surface area contributed by atoms with Gasteiger partial charge in [0.15, 0.2) is 0 Å². The molecule has 0 N–H and O–H groups in total. The van der Waals surface area contributed by atoms with E-state index in [1.54, 1.807) is 0 Å². The predicted octanol–water partition coefficient (Wildman–Crippen LogP) is 2.43. The Hall–Kier alpha value is -0.420. The Labute approximate surface area is 120 Å². The molecule has 0 radical (unpaired) electrons. The van der Waals surface area contributed by atoms with E-state index in [0.717, 1.165) is 13.2 Å². The second-order valence-electron chi connectivity index (χ2n) is 6.17. The van der Waals surface area contributed by atoms with E-state index in [1.807, 2.05) is 11.3 Å². The molecule has 1 spiro atoms. The molecule has 2 saturated heterocycles. The van der Waals surface area contributed by atoms with Crippen molar-refractivity contribution in [2.45, 2.75) is 37.5 Å². The van der Waals surface area contributed by atoms with Crippen LogP contribution in [0.2, 0.25) is 0 Å². The Balaban J connectivity index is 1.52. The zero-order valence-corrected chi connectivity index (χ0v) is 12.8. The molecule has 3 rings (SSSR count). The summed E-state index contributed by atoms with van der Waals surface area (Å²) in [5.41, 5.74) is 0.181. The number of rotatable bonds is 3. The molecule has 0 saturated carbocycles. The molecule has 1 atom stereocenters. The smallest absolute Gasteiger partial charge is 0.0723 e. The maximum absolute atomic E-state index is 6.17. The molecule has 4 heteroatoms. The summed E-state index contributed by atoms with van der Waals surface area (Å²) in [7, 11) is 4.33. The fourth-order valence-corrected chi connectivity index (χ4v) is 3.99. The second kappa shape index (κ2) is 5.52. The molecule has 3 heterocycles. The van der Waals surface area contributed by atoms with Crippen molar-refractivity contribution in [3.05, 3.63) is 22.4 Å². The van der Waals surface area contributed by atoms with E-state index in [9.17, 15) is 0 Å². The molecule has 1 aromatic rings. The van der Waals surface area contributed by atoms with E-state index in [2.05, 4.69) is 41.4 Å². The molecular formula is C15H24N2OS. The summed E-state index contributed by atoms with van der Waals surface area (Å²) in [6.45, 7) is 4.39. The molecule has 2 fully saturated rings. The molecule has 2 aliphatic heterocycles. The second-order valence-corrected chi connectivity index (χ2v) is 7.20. The zero-order valence-electron chi connectivity index (χ0n) is 12.0. The van der Waals surface area contributed by atoms with Gasteiger partial charge in [-0.3, -0.25) is 4.90 Å². The molecule has 19 heavy (non-hydrogen) atoms. The molecule has 1 aromatic heterocycles. The Kier molecular flexibility index (Phi) is 3.94. The number of piperidine rings is 1. The van der Waals surface area contributed by atoms with E-state index < -0.39 is 0 Å². The molecule has 0 amide bonds. The number of hydrogen-bond donors (Lipinski definition) is 0. The number of likely N-dealkylation sites (tertiary alicyclic amines) is 1. The molecule has 0 bridgehead atoms. The molecule has 0 aromatic carbocycles. The lowest BCUT2D eigenvalue weighted by atomic mass is 9.87. The standard InChI is InChI=1S/C15H24N2OS/c1-16(2)13-10-15(18-12-13)5-7-17(8-6-15)11-14-4-3-9-19-14/h3-4,9,13H,5-8,10-12H2,1-2H3/t13-/m1/s1. The monoisotopic (exact) mass is 280 g/mol. The van der Waals surface area contributed by atoms with Crippen LogP contribution in [-0.2, 0) is 11.3 Å². The fraction of sp³-hybridized carbons (Fsp3) is 0.733. The van der Waals surface area contributed by atoms with Crippen LogP contribution < -0.4 is 0 Å². The van der Waals surface area contributed by atoms with Crippen LogP contribution in [0, 0.1) is 0 Å². The number of nitrogens with zero attached hydrogens (tertiary/aromatic N) is 2. The van der Waals surface area contributed by atoms with Crippen molar-refractivity contribution >= 4 is 11.3 Å². The van der Waals surface area contributed by atoms with Crippen LogP contribution in [0.15, 0.2) is 17.5 Å². The van der Waals surface area contributed by atoms with Gasteiger partial charge in [-0.15, -0.1) is 11.3 Å². The SMILES string of the molecule is CN(C)[C@H]1COC2(CCN(Cc3cccs3)CC2)C1. The summed E-state index contributed by atoms with van der Waals surface area (Å²) in [6, 6.07) is 5.00. The highest BCUT2D eigenvalue weighted by Crippen LogP contribution is 2.37. The minimum Gasteiger partial charge on any atom is -0.373 e. The van der Waals surface area contributed by atoms with Gasteiger partial charge in [-0.05, 0) is 44.8 Å². The molecule has 2 aliphatic rings. The number of likely N-dealkylation sites (N-methyl/N-ethyl adjacent to an activating group) is 1. The van der Waals surface area contributed by atoms with E-state index in [-0.39, 0.29) is 5.60 Å². The first-order valence-corrected chi connectivity index (χ1v) is 8.10. The van der Waals surface area contributed by atoms with E-state index >= 15 is 0 Å². The van der Waals surface area contributed by atoms with Gasteiger partial charge in [0.2, 0.25) is 0 Å².